The zero-order valence-corrected chi connectivity index (χ0v) is 18.0. The number of aromatic amines is 1. The second-order valence-electron chi connectivity index (χ2n) is 8.24. The van der Waals surface area contributed by atoms with Crippen LogP contribution in [0.3, 0.4) is 0 Å². The maximum Gasteiger partial charge on any atom is 0.258 e. The fourth-order valence-corrected chi connectivity index (χ4v) is 4.20. The predicted molar refractivity (Wildman–Crippen MR) is 121 cm³/mol. The maximum absolute atomic E-state index is 13.0. The molecule has 2 atom stereocenters. The highest BCUT2D eigenvalue weighted by Crippen LogP contribution is 2.31. The zero-order chi connectivity index (χ0) is 22.8. The molecule has 1 saturated heterocycles. The molecule has 2 aliphatic heterocycles. The van der Waals surface area contributed by atoms with Gasteiger partial charge in [0.1, 0.15) is 5.82 Å². The van der Waals surface area contributed by atoms with Crippen molar-refractivity contribution in [3.05, 3.63) is 40.2 Å². The van der Waals surface area contributed by atoms with Crippen LogP contribution in [0, 0.1) is 0 Å². The molecule has 0 aliphatic carbocycles. The number of hydrogen-bond donors (Lipinski definition) is 4. The fourth-order valence-electron chi connectivity index (χ4n) is 4.20. The Morgan fingerprint density at radius 2 is 1.78 bits per heavy atom. The van der Waals surface area contributed by atoms with Gasteiger partial charge in [-0.05, 0) is 50.5 Å². The summed E-state index contributed by atoms with van der Waals surface area (Å²) < 4.78 is 0. The quantitative estimate of drug-likeness (QED) is 0.578. The monoisotopic (exact) mass is 438 g/mol. The third-order valence-corrected chi connectivity index (χ3v) is 5.80. The van der Waals surface area contributed by atoms with Gasteiger partial charge in [-0.1, -0.05) is 0 Å². The number of aromatic nitrogens is 2. The second kappa shape index (κ2) is 8.81. The summed E-state index contributed by atoms with van der Waals surface area (Å²) in [6, 6.07) is 6.80. The van der Waals surface area contributed by atoms with Gasteiger partial charge in [0.15, 0.2) is 0 Å². The molecule has 3 amide bonds. The summed E-state index contributed by atoms with van der Waals surface area (Å²) in [6.07, 6.45) is 2.98. The lowest BCUT2D eigenvalue weighted by Gasteiger charge is -2.34. The second-order valence-corrected chi connectivity index (χ2v) is 8.24. The summed E-state index contributed by atoms with van der Waals surface area (Å²) in [5, 5.41) is 8.04. The molecule has 1 aromatic heterocycles. The Hall–Kier alpha value is -3.69. The van der Waals surface area contributed by atoms with Crippen molar-refractivity contribution in [1.82, 2.24) is 9.97 Å². The van der Waals surface area contributed by atoms with Crippen molar-refractivity contribution < 1.29 is 14.4 Å². The minimum atomic E-state index is -0.960. The average molecular weight is 438 g/mol. The lowest BCUT2D eigenvalue weighted by Crippen LogP contribution is -2.41. The van der Waals surface area contributed by atoms with E-state index in [1.165, 1.54) is 6.92 Å². The molecule has 0 unspecified atom stereocenters. The number of carbonyl (C=O) groups is 3. The first kappa shape index (κ1) is 21.5. The van der Waals surface area contributed by atoms with Gasteiger partial charge >= 0.3 is 0 Å². The molecule has 0 radical (unpaired) electrons. The standard InChI is InChI=1S/C22H26N6O4/c1-12-5-3-4-10-28(12)22-26-19-18(21(32)27-22)16(11-17(30)25-19)20(31)24-15-8-6-14(7-9-15)23-13(2)29/h6-9,12,16H,3-5,10-11H2,1-2H3,(H,23,29)(H,24,31)(H2,25,26,27,30,32)/t12-,16+/m0/s1. The molecular formula is C22H26N6O4. The number of H-pyrrole nitrogens is 1. The van der Waals surface area contributed by atoms with Gasteiger partial charge in [-0.25, -0.2) is 0 Å². The van der Waals surface area contributed by atoms with E-state index in [0.717, 1.165) is 25.8 Å². The summed E-state index contributed by atoms with van der Waals surface area (Å²) in [5.74, 6) is -1.45. The van der Waals surface area contributed by atoms with Crippen LogP contribution >= 0.6 is 0 Å². The number of carbonyl (C=O) groups excluding carboxylic acids is 3. The van der Waals surface area contributed by atoms with Crippen molar-refractivity contribution in [3.8, 4) is 0 Å². The van der Waals surface area contributed by atoms with Crippen LogP contribution in [0.1, 0.15) is 51.0 Å². The number of piperidine rings is 1. The van der Waals surface area contributed by atoms with E-state index < -0.39 is 17.4 Å². The molecular weight excluding hydrogens is 412 g/mol. The Kier molecular flexibility index (Phi) is 5.93. The Labute approximate surface area is 184 Å². The molecule has 1 fully saturated rings. The lowest BCUT2D eigenvalue weighted by atomic mass is 9.92. The molecule has 2 aliphatic rings. The summed E-state index contributed by atoms with van der Waals surface area (Å²) in [5.41, 5.74) is 0.812. The third-order valence-electron chi connectivity index (χ3n) is 5.80. The van der Waals surface area contributed by atoms with Crippen molar-refractivity contribution in [1.29, 1.82) is 0 Å². The Balaban J connectivity index is 1.58. The SMILES string of the molecule is CC(=O)Nc1ccc(NC(=O)[C@@H]2CC(=O)Nc3nc(N4CCCC[C@@H]4C)[nH]c(=O)c32)cc1. The van der Waals surface area contributed by atoms with Gasteiger partial charge in [0.05, 0.1) is 11.5 Å². The normalized spacial score (nSPS) is 20.2. The van der Waals surface area contributed by atoms with E-state index >= 15 is 0 Å². The van der Waals surface area contributed by atoms with E-state index in [9.17, 15) is 19.2 Å². The van der Waals surface area contributed by atoms with Crippen molar-refractivity contribution >= 4 is 40.9 Å². The topological polar surface area (TPSA) is 136 Å². The van der Waals surface area contributed by atoms with Crippen LogP contribution < -0.4 is 26.4 Å². The number of nitrogens with one attached hydrogen (secondary N) is 4. The highest BCUT2D eigenvalue weighted by Gasteiger charge is 2.35. The molecule has 0 spiro atoms. The van der Waals surface area contributed by atoms with Crippen LogP contribution in [0.5, 0.6) is 0 Å². The van der Waals surface area contributed by atoms with Gasteiger partial charge in [-0.15, -0.1) is 0 Å². The summed E-state index contributed by atoms with van der Waals surface area (Å²) in [7, 11) is 0. The van der Waals surface area contributed by atoms with Crippen LogP contribution in [-0.2, 0) is 14.4 Å². The zero-order valence-electron chi connectivity index (χ0n) is 18.0. The summed E-state index contributed by atoms with van der Waals surface area (Å²) in [4.78, 5) is 58.7. The Morgan fingerprint density at radius 3 is 2.44 bits per heavy atom. The van der Waals surface area contributed by atoms with E-state index in [0.29, 0.717) is 17.3 Å². The number of fused-ring (bicyclic) bond motifs is 1. The molecule has 168 valence electrons. The first-order chi connectivity index (χ1) is 15.3. The van der Waals surface area contributed by atoms with Crippen LogP contribution in [0.2, 0.25) is 0 Å². The van der Waals surface area contributed by atoms with E-state index in [1.807, 2.05) is 4.90 Å². The molecule has 1 aromatic carbocycles. The van der Waals surface area contributed by atoms with Crippen molar-refractivity contribution in [2.24, 2.45) is 0 Å². The smallest absolute Gasteiger partial charge is 0.258 e. The van der Waals surface area contributed by atoms with Crippen molar-refractivity contribution in [2.75, 3.05) is 27.4 Å². The fraction of sp³-hybridized carbons (Fsp3) is 0.409. The molecule has 4 N–H and O–H groups in total. The van der Waals surface area contributed by atoms with Crippen molar-refractivity contribution in [3.63, 3.8) is 0 Å². The van der Waals surface area contributed by atoms with Gasteiger partial charge in [0.25, 0.3) is 5.56 Å². The van der Waals surface area contributed by atoms with Crippen LogP contribution in [0.25, 0.3) is 0 Å². The molecule has 32 heavy (non-hydrogen) atoms. The highest BCUT2D eigenvalue weighted by molar-refractivity contribution is 6.04. The molecule has 0 saturated carbocycles. The molecule has 10 nitrogen and oxygen atoms in total. The number of amides is 3. The molecule has 10 heteroatoms. The highest BCUT2D eigenvalue weighted by atomic mass is 16.2. The molecule has 4 rings (SSSR count). The maximum atomic E-state index is 13.0. The van der Waals surface area contributed by atoms with Gasteiger partial charge in [-0.2, -0.15) is 4.98 Å². The van der Waals surface area contributed by atoms with Gasteiger partial charge in [-0.3, -0.25) is 24.2 Å². The number of rotatable bonds is 4. The van der Waals surface area contributed by atoms with E-state index in [-0.39, 0.29) is 35.7 Å². The Bertz CT molecular complexity index is 1110. The largest absolute Gasteiger partial charge is 0.340 e. The van der Waals surface area contributed by atoms with E-state index in [2.05, 4.69) is 32.8 Å². The first-order valence-electron chi connectivity index (χ1n) is 10.7. The number of hydrogen-bond acceptors (Lipinski definition) is 6. The summed E-state index contributed by atoms with van der Waals surface area (Å²) >= 11 is 0. The summed E-state index contributed by atoms with van der Waals surface area (Å²) in [6.45, 7) is 4.25. The first-order valence-corrected chi connectivity index (χ1v) is 10.7. The average Bonchev–Trinajstić information content (AvgIpc) is 2.74. The van der Waals surface area contributed by atoms with E-state index in [1.54, 1.807) is 24.3 Å². The number of benzene rings is 1. The van der Waals surface area contributed by atoms with Crippen molar-refractivity contribution in [2.45, 2.75) is 51.5 Å². The van der Waals surface area contributed by atoms with E-state index in [4.69, 9.17) is 0 Å². The Morgan fingerprint density at radius 1 is 1.09 bits per heavy atom. The molecule has 2 aromatic rings. The van der Waals surface area contributed by atoms with Gasteiger partial charge in [0.2, 0.25) is 23.7 Å². The number of anilines is 4. The van der Waals surface area contributed by atoms with Gasteiger partial charge < -0.3 is 20.9 Å². The third kappa shape index (κ3) is 4.48. The van der Waals surface area contributed by atoms with Crippen LogP contribution in [0.4, 0.5) is 23.1 Å². The predicted octanol–water partition coefficient (Wildman–Crippen LogP) is 2.17. The van der Waals surface area contributed by atoms with Gasteiger partial charge in [0, 0.05) is 37.3 Å². The minimum Gasteiger partial charge on any atom is -0.340 e. The van der Waals surface area contributed by atoms with Crippen LogP contribution in [-0.4, -0.2) is 40.3 Å². The lowest BCUT2D eigenvalue weighted by molar-refractivity contribution is -0.123. The molecule has 0 bridgehead atoms. The van der Waals surface area contributed by atoms with Crippen LogP contribution in [0.15, 0.2) is 29.1 Å². The number of nitrogens with zero attached hydrogens (tertiary/aromatic N) is 2. The minimum absolute atomic E-state index is 0.138. The molecule has 3 heterocycles.